The first-order chi connectivity index (χ1) is 24.6. The van der Waals surface area contributed by atoms with Gasteiger partial charge in [0.25, 0.3) is 0 Å². The minimum absolute atomic E-state index is 0.00380. The Hall–Kier alpha value is -1.70. The van der Waals surface area contributed by atoms with Crippen molar-refractivity contribution in [2.24, 2.45) is 17.8 Å². The van der Waals surface area contributed by atoms with Gasteiger partial charge in [-0.05, 0) is 74.9 Å². The number of Topliss-reactive ketones (excluding diaryl/α,β-unsaturated/α-hetero) is 1. The lowest BCUT2D eigenvalue weighted by Crippen LogP contribution is -2.58. The van der Waals surface area contributed by atoms with Crippen LogP contribution in [0.2, 0.25) is 0 Å². The minimum Gasteiger partial charge on any atom is -0.481 e. The standard InChI is InChI=1S/C40H56O11/c1-19-11-23-5-7-28-20(2)12-25(45-28)9-10-40-17-27-36-29(49-39-37(27)50-33(18-40)38(39)51-40)8-6-24(47-36)13-22(41)14-26-31(15-30(46-23)21(19)3)48-32(16-34(42)43)35(26)44-4/h19,23-33,35-39H,2-3,5-18H2,1,4H3,(H,42,43)/t19-,23+,24-,25+,26+,27+,28+,29+,30-,31+,32-,33-,35-,36-,37+,38+,39-,40+/m1/s1. The third kappa shape index (κ3) is 6.39. The molecule has 11 nitrogen and oxygen atoms in total. The summed E-state index contributed by atoms with van der Waals surface area (Å²) in [4.78, 5) is 25.9. The molecule has 10 saturated heterocycles. The lowest BCUT2D eigenvalue weighted by molar-refractivity contribution is -0.237. The number of rotatable bonds is 3. The van der Waals surface area contributed by atoms with E-state index in [4.69, 9.17) is 37.9 Å². The first-order valence-electron chi connectivity index (χ1n) is 19.8. The number of carboxylic acid groups (broad SMARTS) is 1. The number of ketones is 1. The van der Waals surface area contributed by atoms with Gasteiger partial charge in [0.05, 0.1) is 85.3 Å². The van der Waals surface area contributed by atoms with Crippen molar-refractivity contribution in [1.82, 2.24) is 0 Å². The van der Waals surface area contributed by atoms with Crippen molar-refractivity contribution in [2.75, 3.05) is 7.11 Å². The molecule has 0 aromatic carbocycles. The highest BCUT2D eigenvalue weighted by Crippen LogP contribution is 2.57. The number of hydrogen-bond donors (Lipinski definition) is 1. The summed E-state index contributed by atoms with van der Waals surface area (Å²) in [6.07, 6.45) is 7.18. The SMILES string of the molecule is C=C1C[C@@H]2CC[C@@]34C[C@H]5[C@H]6O[C@H](CC[C@@H]6O[C@H]6[C@@H](O3)[C@@H](C4)O[C@@H]56)CC(=O)C[C@@H]3[C@@H](OC)[C@@H](CC(=O)O)O[C@H]3C[C@H]3O[C@@H](CC[C@@H]1O2)C[C@@H](C)C3=C. The predicted octanol–water partition coefficient (Wildman–Crippen LogP) is 4.87. The third-order valence-electron chi connectivity index (χ3n) is 14.2. The summed E-state index contributed by atoms with van der Waals surface area (Å²) in [7, 11) is 1.58. The summed E-state index contributed by atoms with van der Waals surface area (Å²) < 4.78 is 53.1. The molecule has 0 aromatic heterocycles. The van der Waals surface area contributed by atoms with E-state index in [9.17, 15) is 14.7 Å². The largest absolute Gasteiger partial charge is 0.481 e. The molecule has 0 unspecified atom stereocenters. The highest BCUT2D eigenvalue weighted by atomic mass is 16.6. The summed E-state index contributed by atoms with van der Waals surface area (Å²) in [5.74, 6) is -0.782. The number of hydrogen-bond acceptors (Lipinski definition) is 10. The van der Waals surface area contributed by atoms with Crippen LogP contribution < -0.4 is 0 Å². The van der Waals surface area contributed by atoms with Crippen LogP contribution in [0.15, 0.2) is 24.3 Å². The number of ether oxygens (including phenoxy) is 8. The monoisotopic (exact) mass is 712 g/mol. The van der Waals surface area contributed by atoms with Crippen molar-refractivity contribution in [1.29, 1.82) is 0 Å². The molecule has 12 bridgehead atoms. The smallest absolute Gasteiger partial charge is 0.306 e. The molecule has 10 aliphatic rings. The fourth-order valence-electron chi connectivity index (χ4n) is 11.8. The molecule has 51 heavy (non-hydrogen) atoms. The van der Waals surface area contributed by atoms with Crippen molar-refractivity contribution >= 4 is 11.8 Å². The van der Waals surface area contributed by atoms with Crippen molar-refractivity contribution in [2.45, 2.75) is 188 Å². The van der Waals surface area contributed by atoms with Crippen LogP contribution >= 0.6 is 0 Å². The zero-order valence-corrected chi connectivity index (χ0v) is 30.2. The summed E-state index contributed by atoms with van der Waals surface area (Å²) >= 11 is 0. The zero-order valence-electron chi connectivity index (χ0n) is 30.2. The number of methoxy groups -OCH3 is 1. The Labute approximate surface area is 301 Å². The van der Waals surface area contributed by atoms with E-state index < -0.39 is 24.3 Å². The molecule has 10 rings (SSSR count). The molecule has 1 N–H and O–H groups in total. The normalized spacial score (nSPS) is 52.4. The van der Waals surface area contributed by atoms with Crippen molar-refractivity contribution in [3.05, 3.63) is 24.3 Å². The van der Waals surface area contributed by atoms with Crippen molar-refractivity contribution in [3.63, 3.8) is 0 Å². The minimum atomic E-state index is -0.954. The van der Waals surface area contributed by atoms with Gasteiger partial charge >= 0.3 is 5.97 Å². The second-order valence-electron chi connectivity index (χ2n) is 17.5. The molecule has 10 aliphatic heterocycles. The predicted molar refractivity (Wildman–Crippen MR) is 182 cm³/mol. The average molecular weight is 713 g/mol. The van der Waals surface area contributed by atoms with Gasteiger partial charge in [-0.15, -0.1) is 0 Å². The van der Waals surface area contributed by atoms with E-state index in [-0.39, 0.29) is 116 Å². The lowest BCUT2D eigenvalue weighted by Gasteiger charge is -2.48. The molecule has 0 aliphatic carbocycles. The fraction of sp³-hybridized carbons (Fsp3) is 0.850. The molecule has 18 atom stereocenters. The van der Waals surface area contributed by atoms with E-state index in [2.05, 4.69) is 20.1 Å². The Morgan fingerprint density at radius 1 is 0.784 bits per heavy atom. The van der Waals surface area contributed by atoms with Crippen LogP contribution in [-0.4, -0.2) is 115 Å². The quantitative estimate of drug-likeness (QED) is 0.403. The van der Waals surface area contributed by atoms with Crippen LogP contribution in [0.1, 0.15) is 96.8 Å². The molecule has 0 aromatic rings. The first-order valence-corrected chi connectivity index (χ1v) is 19.8. The average Bonchev–Trinajstić information content (AvgIpc) is 3.76. The maximum Gasteiger partial charge on any atom is 0.306 e. The Morgan fingerprint density at radius 3 is 2.39 bits per heavy atom. The van der Waals surface area contributed by atoms with Gasteiger partial charge in [0.1, 0.15) is 18.0 Å². The zero-order chi connectivity index (χ0) is 35.2. The Kier molecular flexibility index (Phi) is 9.31. The molecule has 0 radical (unpaired) electrons. The number of carboxylic acids is 1. The van der Waals surface area contributed by atoms with E-state index in [1.165, 1.54) is 0 Å². The van der Waals surface area contributed by atoms with Crippen molar-refractivity contribution in [3.8, 4) is 0 Å². The van der Waals surface area contributed by atoms with Crippen LogP contribution in [0, 0.1) is 17.8 Å². The third-order valence-corrected chi connectivity index (χ3v) is 14.2. The van der Waals surface area contributed by atoms with E-state index in [0.29, 0.717) is 6.42 Å². The van der Waals surface area contributed by atoms with Gasteiger partial charge in [0, 0.05) is 44.6 Å². The molecule has 282 valence electrons. The molecule has 1 spiro atoms. The summed E-state index contributed by atoms with van der Waals surface area (Å²) in [6.45, 7) is 11.1. The van der Waals surface area contributed by atoms with Gasteiger partial charge in [-0.2, -0.15) is 0 Å². The maximum absolute atomic E-state index is 14.0. The van der Waals surface area contributed by atoms with Gasteiger partial charge in [-0.3, -0.25) is 9.59 Å². The van der Waals surface area contributed by atoms with Crippen LogP contribution in [0.5, 0.6) is 0 Å². The van der Waals surface area contributed by atoms with E-state index >= 15 is 0 Å². The summed E-state index contributed by atoms with van der Waals surface area (Å²) in [5.41, 5.74) is 1.89. The number of carbonyl (C=O) groups excluding carboxylic acids is 1. The Balaban J connectivity index is 0.997. The van der Waals surface area contributed by atoms with Gasteiger partial charge < -0.3 is 43.0 Å². The number of fused-ring (bicyclic) bond motifs is 6. The Bertz CT molecular complexity index is 1400. The van der Waals surface area contributed by atoms with Crippen LogP contribution in [0.25, 0.3) is 0 Å². The van der Waals surface area contributed by atoms with E-state index in [1.54, 1.807) is 7.11 Å². The second-order valence-corrected chi connectivity index (χ2v) is 17.5. The first kappa shape index (κ1) is 35.0. The van der Waals surface area contributed by atoms with E-state index in [0.717, 1.165) is 75.4 Å². The molecule has 10 fully saturated rings. The summed E-state index contributed by atoms with van der Waals surface area (Å²) in [6, 6.07) is 0. The summed E-state index contributed by atoms with van der Waals surface area (Å²) in [5, 5.41) is 9.73. The highest BCUT2D eigenvalue weighted by Gasteiger charge is 2.67. The van der Waals surface area contributed by atoms with Crippen molar-refractivity contribution < 1.29 is 52.6 Å². The molecule has 0 amide bonds. The highest BCUT2D eigenvalue weighted by molar-refractivity contribution is 5.79. The van der Waals surface area contributed by atoms with Gasteiger partial charge in [0.15, 0.2) is 0 Å². The van der Waals surface area contributed by atoms with Crippen LogP contribution in [0.4, 0.5) is 0 Å². The number of aliphatic carboxylic acids is 1. The topological polar surface area (TPSA) is 128 Å². The van der Waals surface area contributed by atoms with Gasteiger partial charge in [-0.1, -0.05) is 20.1 Å². The van der Waals surface area contributed by atoms with Crippen LogP contribution in [0.3, 0.4) is 0 Å². The molecule has 11 heteroatoms. The van der Waals surface area contributed by atoms with Crippen LogP contribution in [-0.2, 0) is 47.5 Å². The Morgan fingerprint density at radius 2 is 1.57 bits per heavy atom. The molecule has 0 saturated carbocycles. The molecular formula is C40H56O11. The fourth-order valence-corrected chi connectivity index (χ4v) is 11.8. The molecular weight excluding hydrogens is 656 g/mol. The number of carbonyl (C=O) groups is 2. The second kappa shape index (κ2) is 13.6. The lowest BCUT2D eigenvalue weighted by atomic mass is 9.73. The van der Waals surface area contributed by atoms with E-state index in [1.807, 2.05) is 0 Å². The van der Waals surface area contributed by atoms with Gasteiger partial charge in [0.2, 0.25) is 0 Å². The maximum atomic E-state index is 14.0. The van der Waals surface area contributed by atoms with Gasteiger partial charge in [-0.25, -0.2) is 0 Å². The molecule has 10 heterocycles.